The third-order valence-corrected chi connectivity index (χ3v) is 7.28. The molecule has 0 spiro atoms. The summed E-state index contributed by atoms with van der Waals surface area (Å²) in [6.45, 7) is 5.88. The largest absolute Gasteiger partial charge is 0.345 e. The van der Waals surface area contributed by atoms with E-state index in [1.54, 1.807) is 48.5 Å². The summed E-state index contributed by atoms with van der Waals surface area (Å²) >= 11 is 0. The smallest absolute Gasteiger partial charge is 0.264 e. The summed E-state index contributed by atoms with van der Waals surface area (Å²) in [6.07, 6.45) is 0.748. The van der Waals surface area contributed by atoms with Crippen molar-refractivity contribution in [1.29, 1.82) is 0 Å². The molecule has 0 saturated heterocycles. The Labute approximate surface area is 184 Å². The molecule has 0 heterocycles. The lowest BCUT2D eigenvalue weighted by Crippen LogP contribution is -2.30. The molecule has 0 saturated carbocycles. The summed E-state index contributed by atoms with van der Waals surface area (Å²) in [5.74, 6) is -0.234. The fourth-order valence-electron chi connectivity index (χ4n) is 3.59. The van der Waals surface area contributed by atoms with Gasteiger partial charge in [-0.05, 0) is 61.2 Å². The topological polar surface area (TPSA) is 66.5 Å². The second-order valence-electron chi connectivity index (χ2n) is 7.58. The van der Waals surface area contributed by atoms with Crippen molar-refractivity contribution in [2.24, 2.45) is 0 Å². The van der Waals surface area contributed by atoms with E-state index in [4.69, 9.17) is 0 Å². The first-order valence-electron chi connectivity index (χ1n) is 10.3. The summed E-state index contributed by atoms with van der Waals surface area (Å²) < 4.78 is 27.3. The summed E-state index contributed by atoms with van der Waals surface area (Å²) in [5.41, 5.74) is 3.86. The average Bonchev–Trinajstić information content (AvgIpc) is 2.78. The lowest BCUT2D eigenvalue weighted by Gasteiger charge is -2.23. The third kappa shape index (κ3) is 4.80. The van der Waals surface area contributed by atoms with Crippen LogP contribution >= 0.6 is 0 Å². The SMILES string of the molecule is CC[C@@H](NC(=O)c1ccc(C)c(N(C)S(=O)(=O)c2ccccc2)c1)c1ccccc1C. The van der Waals surface area contributed by atoms with Crippen LogP contribution in [0.25, 0.3) is 0 Å². The molecular formula is C25H28N2O3S. The maximum atomic E-state index is 13.0. The van der Waals surface area contributed by atoms with E-state index in [-0.39, 0.29) is 16.8 Å². The van der Waals surface area contributed by atoms with Crippen molar-refractivity contribution in [1.82, 2.24) is 5.32 Å². The summed E-state index contributed by atoms with van der Waals surface area (Å²) in [4.78, 5) is 13.2. The molecule has 162 valence electrons. The van der Waals surface area contributed by atoms with Crippen molar-refractivity contribution in [3.05, 3.63) is 95.1 Å². The van der Waals surface area contributed by atoms with Crippen LogP contribution in [0.3, 0.4) is 0 Å². The first-order valence-corrected chi connectivity index (χ1v) is 11.7. The number of benzene rings is 3. The van der Waals surface area contributed by atoms with Gasteiger partial charge in [-0.1, -0.05) is 55.5 Å². The van der Waals surface area contributed by atoms with Gasteiger partial charge in [0, 0.05) is 12.6 Å². The number of carbonyl (C=O) groups is 1. The van der Waals surface area contributed by atoms with Gasteiger partial charge in [0.2, 0.25) is 0 Å². The molecule has 3 aromatic rings. The summed E-state index contributed by atoms with van der Waals surface area (Å²) in [7, 11) is -2.22. The molecule has 0 aliphatic rings. The van der Waals surface area contributed by atoms with Gasteiger partial charge in [-0.15, -0.1) is 0 Å². The molecule has 0 unspecified atom stereocenters. The Hall–Kier alpha value is -3.12. The summed E-state index contributed by atoms with van der Waals surface area (Å²) in [5, 5.41) is 3.09. The Bertz CT molecular complexity index is 1170. The predicted molar refractivity (Wildman–Crippen MR) is 125 cm³/mol. The molecule has 1 atom stereocenters. The van der Waals surface area contributed by atoms with Gasteiger partial charge in [0.25, 0.3) is 15.9 Å². The van der Waals surface area contributed by atoms with Crippen LogP contribution in [0.15, 0.2) is 77.7 Å². The van der Waals surface area contributed by atoms with Gasteiger partial charge in [-0.3, -0.25) is 9.10 Å². The number of anilines is 1. The number of sulfonamides is 1. The zero-order valence-corrected chi connectivity index (χ0v) is 19.1. The van der Waals surface area contributed by atoms with Gasteiger partial charge in [-0.25, -0.2) is 8.42 Å². The summed E-state index contributed by atoms with van der Waals surface area (Å²) in [6, 6.07) is 21.3. The molecule has 1 amide bonds. The standard InChI is InChI=1S/C25H28N2O3S/c1-5-23(22-14-10-9-11-18(22)2)26-25(28)20-16-15-19(3)24(17-20)27(4)31(29,30)21-12-7-6-8-13-21/h6-17,23H,5H2,1-4H3,(H,26,28)/t23-/m1/s1. The minimum atomic E-state index is -3.73. The maximum Gasteiger partial charge on any atom is 0.264 e. The molecule has 0 aromatic heterocycles. The molecule has 3 rings (SSSR count). The van der Waals surface area contributed by atoms with E-state index in [1.165, 1.54) is 11.4 Å². The minimum Gasteiger partial charge on any atom is -0.345 e. The second-order valence-corrected chi connectivity index (χ2v) is 9.55. The zero-order chi connectivity index (χ0) is 22.6. The third-order valence-electron chi connectivity index (χ3n) is 5.49. The first-order chi connectivity index (χ1) is 14.8. The fraction of sp³-hybridized carbons (Fsp3) is 0.240. The minimum absolute atomic E-state index is 0.121. The molecule has 6 heteroatoms. The van der Waals surface area contributed by atoms with E-state index in [2.05, 4.69) is 5.32 Å². The van der Waals surface area contributed by atoms with Crippen molar-refractivity contribution in [2.75, 3.05) is 11.4 Å². The number of amides is 1. The molecule has 5 nitrogen and oxygen atoms in total. The lowest BCUT2D eigenvalue weighted by atomic mass is 9.99. The first kappa shape index (κ1) is 22.6. The highest BCUT2D eigenvalue weighted by atomic mass is 32.2. The van der Waals surface area contributed by atoms with Gasteiger partial charge in [0.05, 0.1) is 16.6 Å². The van der Waals surface area contributed by atoms with E-state index >= 15 is 0 Å². The van der Waals surface area contributed by atoms with Crippen LogP contribution in [0.2, 0.25) is 0 Å². The number of hydrogen-bond donors (Lipinski definition) is 1. The highest BCUT2D eigenvalue weighted by Gasteiger charge is 2.24. The van der Waals surface area contributed by atoms with Crippen LogP contribution in [-0.4, -0.2) is 21.4 Å². The van der Waals surface area contributed by atoms with Crippen LogP contribution in [-0.2, 0) is 10.0 Å². The fourth-order valence-corrected chi connectivity index (χ4v) is 4.86. The average molecular weight is 437 g/mol. The monoisotopic (exact) mass is 436 g/mol. The van der Waals surface area contributed by atoms with Gasteiger partial charge in [0.15, 0.2) is 0 Å². The Kier molecular flexibility index (Phi) is 6.81. The quantitative estimate of drug-likeness (QED) is 0.566. The number of nitrogens with zero attached hydrogens (tertiary/aromatic N) is 1. The van der Waals surface area contributed by atoms with Gasteiger partial charge in [0.1, 0.15) is 0 Å². The second kappa shape index (κ2) is 9.35. The molecule has 1 N–H and O–H groups in total. The van der Waals surface area contributed by atoms with Crippen molar-refractivity contribution in [3.8, 4) is 0 Å². The predicted octanol–water partition coefficient (Wildman–Crippen LogP) is 5.01. The highest BCUT2D eigenvalue weighted by Crippen LogP contribution is 2.27. The van der Waals surface area contributed by atoms with E-state index in [1.807, 2.05) is 45.0 Å². The Morgan fingerprint density at radius 3 is 2.23 bits per heavy atom. The van der Waals surface area contributed by atoms with Crippen molar-refractivity contribution >= 4 is 21.6 Å². The van der Waals surface area contributed by atoms with Crippen LogP contribution in [0.5, 0.6) is 0 Å². The van der Waals surface area contributed by atoms with Crippen molar-refractivity contribution < 1.29 is 13.2 Å². The van der Waals surface area contributed by atoms with Crippen LogP contribution in [0.4, 0.5) is 5.69 Å². The Balaban J connectivity index is 1.90. The number of nitrogens with one attached hydrogen (secondary N) is 1. The molecule has 0 fully saturated rings. The highest BCUT2D eigenvalue weighted by molar-refractivity contribution is 7.92. The molecule has 3 aromatic carbocycles. The van der Waals surface area contributed by atoms with Gasteiger partial charge < -0.3 is 5.32 Å². The maximum absolute atomic E-state index is 13.0. The zero-order valence-electron chi connectivity index (χ0n) is 18.3. The molecular weight excluding hydrogens is 408 g/mol. The number of hydrogen-bond acceptors (Lipinski definition) is 3. The van der Waals surface area contributed by atoms with Crippen LogP contribution in [0, 0.1) is 13.8 Å². The molecule has 0 aliphatic heterocycles. The van der Waals surface area contributed by atoms with E-state index < -0.39 is 10.0 Å². The normalized spacial score (nSPS) is 12.3. The Morgan fingerprint density at radius 2 is 1.58 bits per heavy atom. The van der Waals surface area contributed by atoms with Gasteiger partial charge in [-0.2, -0.15) is 0 Å². The van der Waals surface area contributed by atoms with E-state index in [9.17, 15) is 13.2 Å². The number of rotatable bonds is 7. The van der Waals surface area contributed by atoms with Crippen molar-refractivity contribution in [3.63, 3.8) is 0 Å². The number of carbonyl (C=O) groups excluding carboxylic acids is 1. The van der Waals surface area contributed by atoms with Crippen LogP contribution < -0.4 is 9.62 Å². The van der Waals surface area contributed by atoms with Gasteiger partial charge >= 0.3 is 0 Å². The lowest BCUT2D eigenvalue weighted by molar-refractivity contribution is 0.0935. The number of aryl methyl sites for hydroxylation is 2. The van der Waals surface area contributed by atoms with E-state index in [0.29, 0.717) is 11.3 Å². The molecule has 0 bridgehead atoms. The molecule has 0 aliphatic carbocycles. The Morgan fingerprint density at radius 1 is 0.935 bits per heavy atom. The molecule has 0 radical (unpaired) electrons. The molecule has 31 heavy (non-hydrogen) atoms. The van der Waals surface area contributed by atoms with Crippen LogP contribution in [0.1, 0.15) is 46.4 Å². The van der Waals surface area contributed by atoms with Crippen molar-refractivity contribution in [2.45, 2.75) is 38.1 Å². The van der Waals surface area contributed by atoms with E-state index in [0.717, 1.165) is 23.1 Å².